The van der Waals surface area contributed by atoms with Gasteiger partial charge in [0, 0.05) is 32.8 Å². The van der Waals surface area contributed by atoms with Gasteiger partial charge in [0.05, 0.1) is 11.0 Å². The van der Waals surface area contributed by atoms with Gasteiger partial charge in [0.25, 0.3) is 11.1 Å². The van der Waals surface area contributed by atoms with Crippen molar-refractivity contribution in [3.63, 3.8) is 0 Å². The number of hydrogen-bond donors (Lipinski definition) is 0. The predicted molar refractivity (Wildman–Crippen MR) is 235 cm³/mol. The molecular formula is C52H34N2O2. The number of benzene rings is 8. The fourth-order valence-electron chi connectivity index (χ4n) is 8.58. The molecule has 2 heterocycles. The van der Waals surface area contributed by atoms with Crippen molar-refractivity contribution in [1.82, 2.24) is 9.13 Å². The molecular weight excluding hydrogens is 685 g/mol. The first kappa shape index (κ1) is 33.0. The molecule has 10 aromatic rings. The number of aromatic nitrogens is 2. The minimum absolute atomic E-state index is 0.0624. The van der Waals surface area contributed by atoms with E-state index in [0.29, 0.717) is 15.8 Å². The quantitative estimate of drug-likeness (QED) is 0.131. The molecule has 0 atom stereocenters. The highest BCUT2D eigenvalue weighted by Crippen LogP contribution is 2.45. The Morgan fingerprint density at radius 3 is 1.41 bits per heavy atom. The summed E-state index contributed by atoms with van der Waals surface area (Å²) >= 11 is 0. The van der Waals surface area contributed by atoms with E-state index in [0.717, 1.165) is 82.4 Å². The summed E-state index contributed by atoms with van der Waals surface area (Å²) < 4.78 is 3.64. The molecule has 0 spiro atoms. The van der Waals surface area contributed by atoms with Crippen LogP contribution in [0.2, 0.25) is 0 Å². The van der Waals surface area contributed by atoms with Crippen LogP contribution in [0.25, 0.3) is 100 Å². The van der Waals surface area contributed by atoms with Crippen LogP contribution in [0.5, 0.6) is 0 Å². The van der Waals surface area contributed by atoms with E-state index >= 15 is 0 Å². The molecule has 0 aliphatic rings. The van der Waals surface area contributed by atoms with Crippen LogP contribution in [0.1, 0.15) is 0 Å². The second-order valence-corrected chi connectivity index (χ2v) is 14.1. The lowest BCUT2D eigenvalue weighted by molar-refractivity contribution is 1.03. The Hall–Kier alpha value is -7.56. The average Bonchev–Trinajstić information content (AvgIpc) is 3.25. The summed E-state index contributed by atoms with van der Waals surface area (Å²) in [5.74, 6) is 0. The van der Waals surface area contributed by atoms with Crippen LogP contribution in [0.3, 0.4) is 0 Å². The lowest BCUT2D eigenvalue weighted by Crippen LogP contribution is -2.44. The smallest absolute Gasteiger partial charge is 0.263 e. The summed E-state index contributed by atoms with van der Waals surface area (Å²) in [6, 6.07) is 57.4. The molecule has 0 N–H and O–H groups in total. The van der Waals surface area contributed by atoms with Crippen molar-refractivity contribution in [2.45, 2.75) is 0 Å². The number of nitrogens with zero attached hydrogens (tertiary/aromatic N) is 2. The van der Waals surface area contributed by atoms with Gasteiger partial charge in [-0.15, -0.1) is 0 Å². The molecule has 10 rings (SSSR count). The zero-order valence-corrected chi connectivity index (χ0v) is 30.4. The zero-order chi connectivity index (χ0) is 37.9. The number of hydrogen-bond acceptors (Lipinski definition) is 2. The van der Waals surface area contributed by atoms with Gasteiger partial charge < -0.3 is 0 Å². The summed E-state index contributed by atoms with van der Waals surface area (Å²) in [5.41, 5.74) is 7.14. The monoisotopic (exact) mass is 718 g/mol. The highest BCUT2D eigenvalue weighted by atomic mass is 16.1. The van der Waals surface area contributed by atoms with Gasteiger partial charge in [0.2, 0.25) is 0 Å². The van der Waals surface area contributed by atoms with Crippen molar-refractivity contribution >= 4 is 66.8 Å². The molecule has 264 valence electrons. The van der Waals surface area contributed by atoms with E-state index in [1.54, 1.807) is 16.7 Å². The Labute approximate surface area is 322 Å². The molecule has 0 radical (unpaired) electrons. The molecule has 0 bridgehead atoms. The fourth-order valence-corrected chi connectivity index (χ4v) is 8.58. The molecule has 4 heteroatoms. The summed E-state index contributed by atoms with van der Waals surface area (Å²) in [6.07, 6.45) is 3.38. The van der Waals surface area contributed by atoms with Crippen molar-refractivity contribution in [1.29, 1.82) is 0 Å². The van der Waals surface area contributed by atoms with E-state index in [9.17, 15) is 9.59 Å². The van der Waals surface area contributed by atoms with Crippen molar-refractivity contribution in [2.24, 2.45) is 0 Å². The van der Waals surface area contributed by atoms with Crippen molar-refractivity contribution < 1.29 is 0 Å². The Morgan fingerprint density at radius 1 is 0.411 bits per heavy atom. The maximum atomic E-state index is 14.4. The fraction of sp³-hybridized carbons (Fsp3) is 0. The van der Waals surface area contributed by atoms with Gasteiger partial charge in [-0.1, -0.05) is 147 Å². The molecule has 0 unspecified atom stereocenters. The van der Waals surface area contributed by atoms with E-state index in [-0.39, 0.29) is 11.1 Å². The van der Waals surface area contributed by atoms with Crippen LogP contribution in [-0.2, 0) is 0 Å². The molecule has 0 aliphatic carbocycles. The number of fused-ring (bicyclic) bond motifs is 6. The highest BCUT2D eigenvalue weighted by molar-refractivity contribution is 6.22. The van der Waals surface area contributed by atoms with Crippen molar-refractivity contribution in [3.8, 4) is 33.6 Å². The summed E-state index contributed by atoms with van der Waals surface area (Å²) in [4.78, 5) is 28.8. The van der Waals surface area contributed by atoms with Gasteiger partial charge in [-0.2, -0.15) is 0 Å². The van der Waals surface area contributed by atoms with Gasteiger partial charge >= 0.3 is 0 Å². The minimum Gasteiger partial charge on any atom is -0.276 e. The Bertz CT molecular complexity index is 3490. The number of rotatable bonds is 5. The van der Waals surface area contributed by atoms with Crippen LogP contribution in [0.4, 0.5) is 0 Å². The van der Waals surface area contributed by atoms with Crippen molar-refractivity contribution in [3.05, 3.63) is 214 Å². The molecule has 0 aliphatic heterocycles. The maximum Gasteiger partial charge on any atom is 0.263 e. The summed E-state index contributed by atoms with van der Waals surface area (Å²) in [7, 11) is 0. The van der Waals surface area contributed by atoms with Crippen LogP contribution >= 0.6 is 0 Å². The lowest BCUT2D eigenvalue weighted by atomic mass is 9.85. The first-order valence-electron chi connectivity index (χ1n) is 18.7. The number of pyridine rings is 2. The van der Waals surface area contributed by atoms with Crippen LogP contribution in [0.15, 0.2) is 192 Å². The van der Waals surface area contributed by atoms with Gasteiger partial charge in [-0.25, -0.2) is 0 Å². The summed E-state index contributed by atoms with van der Waals surface area (Å²) in [6.45, 7) is 8.18. The third kappa shape index (κ3) is 5.00. The van der Waals surface area contributed by atoms with Gasteiger partial charge in [-0.3, -0.25) is 18.7 Å². The average molecular weight is 719 g/mol. The van der Waals surface area contributed by atoms with E-state index in [1.165, 1.54) is 0 Å². The third-order valence-electron chi connectivity index (χ3n) is 11.0. The lowest BCUT2D eigenvalue weighted by Gasteiger charge is -2.21. The SMILES string of the molecule is C=C/C=c1\c(=C)c2ccccc2n(-c2ccc3c(-c4ccccc4)c4cc(-n5c(=O)c6ccccc6c6ccccc65)ccc4c(-c4ccccc4)c3c2)c1=O. The van der Waals surface area contributed by atoms with Crippen molar-refractivity contribution in [2.75, 3.05) is 0 Å². The van der Waals surface area contributed by atoms with E-state index in [2.05, 4.69) is 98.1 Å². The van der Waals surface area contributed by atoms with E-state index < -0.39 is 0 Å². The van der Waals surface area contributed by atoms with E-state index in [4.69, 9.17) is 0 Å². The van der Waals surface area contributed by atoms with Crippen LogP contribution < -0.4 is 21.6 Å². The van der Waals surface area contributed by atoms with Crippen LogP contribution in [0, 0.1) is 0 Å². The first-order valence-corrected chi connectivity index (χ1v) is 18.7. The Kier molecular flexibility index (Phi) is 7.72. The predicted octanol–water partition coefficient (Wildman–Crippen LogP) is 10.5. The molecule has 0 saturated heterocycles. The largest absolute Gasteiger partial charge is 0.276 e. The first-order chi connectivity index (χ1) is 27.5. The topological polar surface area (TPSA) is 44.0 Å². The van der Waals surface area contributed by atoms with Gasteiger partial charge in [0.15, 0.2) is 0 Å². The molecule has 4 nitrogen and oxygen atoms in total. The normalized spacial score (nSPS) is 12.0. The second kappa shape index (κ2) is 13.1. The highest BCUT2D eigenvalue weighted by Gasteiger charge is 2.20. The van der Waals surface area contributed by atoms with Gasteiger partial charge in [-0.05, 0) is 103 Å². The molecule has 0 fully saturated rings. The minimum atomic E-state index is -0.157. The molecule has 0 amide bonds. The molecule has 0 saturated carbocycles. The maximum absolute atomic E-state index is 14.4. The Balaban J connectivity index is 1.36. The third-order valence-corrected chi connectivity index (χ3v) is 11.0. The van der Waals surface area contributed by atoms with E-state index in [1.807, 2.05) is 89.5 Å². The van der Waals surface area contributed by atoms with Gasteiger partial charge in [0.1, 0.15) is 0 Å². The molecule has 8 aromatic carbocycles. The zero-order valence-electron chi connectivity index (χ0n) is 30.4. The molecule has 2 aromatic heterocycles. The standard InChI is InChI=1S/C52H34N2O2/c1-3-16-39-33(2)38-21-12-14-25-47(38)53(51(39)55)36-27-29-42-45(31-36)49(34-17-6-4-7-18-34)43-30-28-37(32-46(43)50(42)35-19-8-5-9-20-35)54-48-26-15-13-23-41(48)40-22-10-11-24-44(40)52(54)56/h3-32H,1-2H2/b39-16+. The second-order valence-electron chi connectivity index (χ2n) is 14.1. The number of allylic oxidation sites excluding steroid dienone is 1. The summed E-state index contributed by atoms with van der Waals surface area (Å²) in [5, 5.41) is 8.81. The Morgan fingerprint density at radius 2 is 0.857 bits per heavy atom. The number of para-hydroxylation sites is 2. The molecule has 56 heavy (non-hydrogen) atoms. The van der Waals surface area contributed by atoms with Crippen LogP contribution in [-0.4, -0.2) is 9.13 Å².